The van der Waals surface area contributed by atoms with E-state index in [9.17, 15) is 4.79 Å². The van der Waals surface area contributed by atoms with Crippen LogP contribution in [0, 0.1) is 11.8 Å². The van der Waals surface area contributed by atoms with Gasteiger partial charge in [0.25, 0.3) is 5.91 Å². The standard InChI is InChI=1S/C16H19NO2/c18-13-5-9-15-8-4-12-17(15)16(19)11-10-14-6-2-1-3-7-14/h1-3,6-7,15,18H,4-5,8-9,12-13H2. The van der Waals surface area contributed by atoms with Gasteiger partial charge in [0.15, 0.2) is 0 Å². The van der Waals surface area contributed by atoms with Gasteiger partial charge in [-0.3, -0.25) is 4.79 Å². The lowest BCUT2D eigenvalue weighted by atomic mass is 10.1. The van der Waals surface area contributed by atoms with Gasteiger partial charge in [-0.2, -0.15) is 0 Å². The van der Waals surface area contributed by atoms with Gasteiger partial charge in [-0.05, 0) is 37.8 Å². The second kappa shape index (κ2) is 6.96. The van der Waals surface area contributed by atoms with Gasteiger partial charge in [0, 0.05) is 30.7 Å². The molecule has 1 aromatic rings. The first-order valence-corrected chi connectivity index (χ1v) is 6.80. The Hall–Kier alpha value is -1.79. The number of hydrogen-bond acceptors (Lipinski definition) is 2. The zero-order valence-electron chi connectivity index (χ0n) is 11.0. The SMILES string of the molecule is O=C(C#Cc1ccccc1)N1CCCC1CCCO. The maximum atomic E-state index is 12.1. The maximum Gasteiger partial charge on any atom is 0.299 e. The quantitative estimate of drug-likeness (QED) is 0.839. The fraction of sp³-hybridized carbons (Fsp3) is 0.438. The molecule has 0 aliphatic carbocycles. The van der Waals surface area contributed by atoms with Crippen molar-refractivity contribution < 1.29 is 9.90 Å². The van der Waals surface area contributed by atoms with Crippen LogP contribution in [0.2, 0.25) is 0 Å². The van der Waals surface area contributed by atoms with Crippen molar-refractivity contribution in [1.29, 1.82) is 0 Å². The molecule has 0 aromatic heterocycles. The molecule has 3 nitrogen and oxygen atoms in total. The van der Waals surface area contributed by atoms with E-state index in [0.29, 0.717) is 0 Å². The second-order valence-corrected chi connectivity index (χ2v) is 4.78. The molecule has 1 saturated heterocycles. The van der Waals surface area contributed by atoms with Crippen molar-refractivity contribution in [1.82, 2.24) is 4.90 Å². The zero-order chi connectivity index (χ0) is 13.5. The smallest absolute Gasteiger partial charge is 0.299 e. The summed E-state index contributed by atoms with van der Waals surface area (Å²) in [6, 6.07) is 9.80. The molecule has 1 N–H and O–H groups in total. The van der Waals surface area contributed by atoms with E-state index in [2.05, 4.69) is 11.8 Å². The molecule has 1 atom stereocenters. The van der Waals surface area contributed by atoms with Crippen molar-refractivity contribution in [3.05, 3.63) is 35.9 Å². The molecule has 0 spiro atoms. The van der Waals surface area contributed by atoms with E-state index in [0.717, 1.165) is 37.8 Å². The molecule has 1 amide bonds. The number of benzene rings is 1. The highest BCUT2D eigenvalue weighted by Crippen LogP contribution is 2.21. The molecule has 1 unspecified atom stereocenters. The molecule has 0 saturated carbocycles. The zero-order valence-corrected chi connectivity index (χ0v) is 11.0. The minimum Gasteiger partial charge on any atom is -0.396 e. The Morgan fingerprint density at radius 2 is 2.16 bits per heavy atom. The third-order valence-electron chi connectivity index (χ3n) is 3.42. The minimum atomic E-state index is -0.0932. The Labute approximate surface area is 114 Å². The maximum absolute atomic E-state index is 12.1. The molecule has 100 valence electrons. The van der Waals surface area contributed by atoms with Crippen molar-refractivity contribution in [2.24, 2.45) is 0 Å². The number of hydrogen-bond donors (Lipinski definition) is 1. The molecule has 3 heteroatoms. The van der Waals surface area contributed by atoms with E-state index in [4.69, 9.17) is 5.11 Å². The largest absolute Gasteiger partial charge is 0.396 e. The summed E-state index contributed by atoms with van der Waals surface area (Å²) >= 11 is 0. The summed E-state index contributed by atoms with van der Waals surface area (Å²) in [5.74, 6) is 5.54. The molecule has 1 heterocycles. The lowest BCUT2D eigenvalue weighted by Gasteiger charge is -2.21. The Kier molecular flexibility index (Phi) is 5.00. The first-order chi connectivity index (χ1) is 9.31. The predicted molar refractivity (Wildman–Crippen MR) is 74.4 cm³/mol. The van der Waals surface area contributed by atoms with Crippen LogP contribution >= 0.6 is 0 Å². The molecular weight excluding hydrogens is 238 g/mol. The van der Waals surface area contributed by atoms with Gasteiger partial charge in [0.05, 0.1) is 0 Å². The van der Waals surface area contributed by atoms with Crippen LogP contribution in [0.4, 0.5) is 0 Å². The van der Waals surface area contributed by atoms with Crippen molar-refractivity contribution in [3.63, 3.8) is 0 Å². The van der Waals surface area contributed by atoms with Crippen LogP contribution in [0.3, 0.4) is 0 Å². The fourth-order valence-corrected chi connectivity index (χ4v) is 2.45. The first-order valence-electron chi connectivity index (χ1n) is 6.80. The number of rotatable bonds is 3. The third kappa shape index (κ3) is 3.84. The first kappa shape index (κ1) is 13.6. The molecule has 19 heavy (non-hydrogen) atoms. The van der Waals surface area contributed by atoms with Crippen LogP contribution in [0.5, 0.6) is 0 Å². The molecule has 1 aromatic carbocycles. The second-order valence-electron chi connectivity index (χ2n) is 4.78. The lowest BCUT2D eigenvalue weighted by Crippen LogP contribution is -2.34. The third-order valence-corrected chi connectivity index (χ3v) is 3.42. The average Bonchev–Trinajstić information content (AvgIpc) is 2.92. The lowest BCUT2D eigenvalue weighted by molar-refractivity contribution is -0.126. The van der Waals surface area contributed by atoms with Crippen molar-refractivity contribution >= 4 is 5.91 Å². The minimum absolute atomic E-state index is 0.0932. The van der Waals surface area contributed by atoms with Gasteiger partial charge < -0.3 is 10.0 Å². The highest BCUT2D eigenvalue weighted by atomic mass is 16.3. The predicted octanol–water partition coefficient (Wildman–Crippen LogP) is 1.80. The molecular formula is C16H19NO2. The van der Waals surface area contributed by atoms with Gasteiger partial charge in [-0.15, -0.1) is 0 Å². The molecule has 2 rings (SSSR count). The summed E-state index contributed by atoms with van der Waals surface area (Å²) in [6.45, 7) is 0.979. The normalized spacial score (nSPS) is 17.9. The summed E-state index contributed by atoms with van der Waals surface area (Å²) in [5, 5.41) is 8.87. The topological polar surface area (TPSA) is 40.5 Å². The summed E-state index contributed by atoms with van der Waals surface area (Å²) in [4.78, 5) is 13.9. The fourth-order valence-electron chi connectivity index (χ4n) is 2.45. The van der Waals surface area contributed by atoms with Crippen molar-refractivity contribution in [3.8, 4) is 11.8 Å². The van der Waals surface area contributed by atoms with E-state index in [1.54, 1.807) is 0 Å². The van der Waals surface area contributed by atoms with Gasteiger partial charge in [0.2, 0.25) is 0 Å². The number of nitrogens with zero attached hydrogens (tertiary/aromatic N) is 1. The van der Waals surface area contributed by atoms with E-state index in [1.165, 1.54) is 0 Å². The van der Waals surface area contributed by atoms with Gasteiger partial charge in [-0.25, -0.2) is 0 Å². The van der Waals surface area contributed by atoms with Crippen LogP contribution in [0.15, 0.2) is 30.3 Å². The van der Waals surface area contributed by atoms with Crippen LogP contribution in [-0.4, -0.2) is 35.1 Å². The number of amides is 1. The number of carbonyl (C=O) groups excluding carboxylic acids is 1. The van der Waals surface area contributed by atoms with E-state index in [1.807, 2.05) is 35.2 Å². The Morgan fingerprint density at radius 3 is 2.89 bits per heavy atom. The Bertz CT molecular complexity index is 473. The monoisotopic (exact) mass is 257 g/mol. The van der Waals surface area contributed by atoms with Gasteiger partial charge in [-0.1, -0.05) is 24.1 Å². The summed E-state index contributed by atoms with van der Waals surface area (Å²) < 4.78 is 0. The van der Waals surface area contributed by atoms with Crippen LogP contribution in [0.1, 0.15) is 31.2 Å². The van der Waals surface area contributed by atoms with Crippen LogP contribution in [0.25, 0.3) is 0 Å². The highest BCUT2D eigenvalue weighted by Gasteiger charge is 2.26. The Morgan fingerprint density at radius 1 is 1.37 bits per heavy atom. The van der Waals surface area contributed by atoms with Gasteiger partial charge in [0.1, 0.15) is 0 Å². The average molecular weight is 257 g/mol. The van der Waals surface area contributed by atoms with Gasteiger partial charge >= 0.3 is 0 Å². The van der Waals surface area contributed by atoms with E-state index in [-0.39, 0.29) is 18.6 Å². The number of aliphatic hydroxyl groups is 1. The summed E-state index contributed by atoms with van der Waals surface area (Å²) in [7, 11) is 0. The highest BCUT2D eigenvalue weighted by molar-refractivity contribution is 5.94. The Balaban J connectivity index is 1.98. The number of carbonyl (C=O) groups is 1. The molecule has 1 fully saturated rings. The number of likely N-dealkylation sites (tertiary alicyclic amines) is 1. The molecule has 0 bridgehead atoms. The van der Waals surface area contributed by atoms with Crippen LogP contribution in [-0.2, 0) is 4.79 Å². The molecule has 1 aliphatic rings. The van der Waals surface area contributed by atoms with Crippen molar-refractivity contribution in [2.45, 2.75) is 31.7 Å². The van der Waals surface area contributed by atoms with E-state index < -0.39 is 0 Å². The molecule has 0 radical (unpaired) electrons. The number of aliphatic hydroxyl groups excluding tert-OH is 1. The molecule has 1 aliphatic heterocycles. The summed E-state index contributed by atoms with van der Waals surface area (Å²) in [5.41, 5.74) is 0.863. The summed E-state index contributed by atoms with van der Waals surface area (Å²) in [6.07, 6.45) is 3.68. The van der Waals surface area contributed by atoms with Crippen LogP contribution < -0.4 is 0 Å². The van der Waals surface area contributed by atoms with E-state index >= 15 is 0 Å². The van der Waals surface area contributed by atoms with Crippen molar-refractivity contribution in [2.75, 3.05) is 13.2 Å².